The summed E-state index contributed by atoms with van der Waals surface area (Å²) in [6.07, 6.45) is 0. The first-order chi connectivity index (χ1) is 5.20. The second-order valence-electron chi connectivity index (χ2n) is 1.86. The van der Waals surface area contributed by atoms with Crippen LogP contribution in [0.4, 0.5) is 0 Å². The molecule has 0 aliphatic rings. The van der Waals surface area contributed by atoms with Crippen molar-refractivity contribution in [2.45, 2.75) is 0 Å². The highest BCUT2D eigenvalue weighted by atomic mass is 16.5. The van der Waals surface area contributed by atoms with Gasteiger partial charge < -0.3 is 14.8 Å². The summed E-state index contributed by atoms with van der Waals surface area (Å²) >= 11 is 0. The van der Waals surface area contributed by atoms with Gasteiger partial charge in [-0.2, -0.15) is 0 Å². The summed E-state index contributed by atoms with van der Waals surface area (Å²) in [4.78, 5) is 0. The van der Waals surface area contributed by atoms with Crippen LogP contribution in [0.5, 0.6) is 0 Å². The lowest BCUT2D eigenvalue weighted by atomic mass is 10.5. The Kier molecular flexibility index (Phi) is 5.10. The van der Waals surface area contributed by atoms with Crippen LogP contribution in [0.25, 0.3) is 0 Å². The molecule has 0 aliphatic carbocycles. The van der Waals surface area contributed by atoms with E-state index in [1.165, 1.54) is 14.2 Å². The van der Waals surface area contributed by atoms with Gasteiger partial charge in [-0.1, -0.05) is 0 Å². The van der Waals surface area contributed by atoms with Crippen molar-refractivity contribution >= 4 is 11.8 Å². The van der Waals surface area contributed by atoms with E-state index >= 15 is 0 Å². The van der Waals surface area contributed by atoms with Crippen molar-refractivity contribution in [3.63, 3.8) is 0 Å². The summed E-state index contributed by atoms with van der Waals surface area (Å²) in [5.74, 6) is 0.294. The fraction of sp³-hybridized carbons (Fsp3) is 0.667. The lowest BCUT2D eigenvalue weighted by Gasteiger charge is -2.04. The van der Waals surface area contributed by atoms with E-state index in [0.717, 1.165) is 0 Å². The van der Waals surface area contributed by atoms with E-state index in [2.05, 4.69) is 14.8 Å². The molecule has 0 atom stereocenters. The monoisotopic (exact) mass is 159 g/mol. The van der Waals surface area contributed by atoms with Gasteiger partial charge in [0, 0.05) is 0 Å². The van der Waals surface area contributed by atoms with Crippen molar-refractivity contribution in [2.75, 3.05) is 27.3 Å². The summed E-state index contributed by atoms with van der Waals surface area (Å²) in [5, 5.41) is 16.9. The van der Waals surface area contributed by atoms with E-state index in [0.29, 0.717) is 13.1 Å². The predicted octanol–water partition coefficient (Wildman–Crippen LogP) is -0.177. The maximum Gasteiger partial charge on any atom is 0.194 e. The fourth-order valence-corrected chi connectivity index (χ4v) is 0.434. The summed E-state index contributed by atoms with van der Waals surface area (Å²) in [5.41, 5.74) is 0. The summed E-state index contributed by atoms with van der Waals surface area (Å²) < 4.78 is 9.15. The van der Waals surface area contributed by atoms with Crippen LogP contribution in [0.2, 0.25) is 0 Å². The van der Waals surface area contributed by atoms with Crippen molar-refractivity contribution in [1.82, 2.24) is 5.32 Å². The number of hydrogen-bond donors (Lipinski definition) is 3. The van der Waals surface area contributed by atoms with Crippen molar-refractivity contribution in [3.8, 4) is 0 Å². The fourth-order valence-electron chi connectivity index (χ4n) is 0.434. The normalized spacial score (nSPS) is 8.91. The first-order valence-corrected chi connectivity index (χ1v) is 3.14. The van der Waals surface area contributed by atoms with E-state index in [9.17, 15) is 0 Å². The van der Waals surface area contributed by atoms with Gasteiger partial charge in [0.2, 0.25) is 0 Å². The zero-order valence-corrected chi connectivity index (χ0v) is 6.73. The van der Waals surface area contributed by atoms with Crippen LogP contribution < -0.4 is 5.32 Å². The molecule has 0 fully saturated rings. The van der Waals surface area contributed by atoms with Crippen LogP contribution in [0, 0.1) is 10.8 Å². The molecule has 0 unspecified atom stereocenters. The summed E-state index contributed by atoms with van der Waals surface area (Å²) in [6, 6.07) is 0. The molecule has 0 radical (unpaired) electrons. The van der Waals surface area contributed by atoms with Crippen LogP contribution in [0.15, 0.2) is 0 Å². The smallest absolute Gasteiger partial charge is 0.194 e. The minimum Gasteiger partial charge on any atom is -0.484 e. The molecule has 3 N–H and O–H groups in total. The minimum absolute atomic E-state index is 0.147. The lowest BCUT2D eigenvalue weighted by molar-refractivity contribution is 0.377. The van der Waals surface area contributed by atoms with Crippen LogP contribution >= 0.6 is 0 Å². The van der Waals surface area contributed by atoms with Gasteiger partial charge in [0.15, 0.2) is 11.8 Å². The molecule has 0 saturated carbocycles. The van der Waals surface area contributed by atoms with Crippen LogP contribution in [-0.4, -0.2) is 39.1 Å². The van der Waals surface area contributed by atoms with E-state index in [1.54, 1.807) is 0 Å². The first-order valence-electron chi connectivity index (χ1n) is 3.14. The molecule has 0 aliphatic heterocycles. The Hall–Kier alpha value is -1.10. The highest BCUT2D eigenvalue weighted by Gasteiger charge is 1.96. The molecular formula is C6H13N3O2. The molecule has 0 spiro atoms. The SMILES string of the molecule is COC(=N)CNCC(=N)OC. The summed E-state index contributed by atoms with van der Waals surface area (Å²) in [7, 11) is 2.87. The Balaban J connectivity index is 3.27. The molecule has 11 heavy (non-hydrogen) atoms. The average Bonchev–Trinajstić information content (AvgIpc) is 2.04. The van der Waals surface area contributed by atoms with E-state index in [-0.39, 0.29) is 11.8 Å². The molecular weight excluding hydrogens is 146 g/mol. The molecule has 0 bridgehead atoms. The van der Waals surface area contributed by atoms with Crippen molar-refractivity contribution in [3.05, 3.63) is 0 Å². The average molecular weight is 159 g/mol. The largest absolute Gasteiger partial charge is 0.484 e. The molecule has 0 saturated heterocycles. The Morgan fingerprint density at radius 1 is 1.09 bits per heavy atom. The number of methoxy groups -OCH3 is 2. The summed E-state index contributed by atoms with van der Waals surface area (Å²) in [6.45, 7) is 0.643. The van der Waals surface area contributed by atoms with Crippen LogP contribution in [-0.2, 0) is 9.47 Å². The van der Waals surface area contributed by atoms with Gasteiger partial charge in [-0.05, 0) is 0 Å². The highest BCUT2D eigenvalue weighted by molar-refractivity contribution is 5.77. The number of ether oxygens (including phenoxy) is 2. The van der Waals surface area contributed by atoms with E-state index < -0.39 is 0 Å². The molecule has 64 valence electrons. The van der Waals surface area contributed by atoms with Gasteiger partial charge in [-0.25, -0.2) is 0 Å². The second kappa shape index (κ2) is 5.67. The minimum atomic E-state index is 0.147. The van der Waals surface area contributed by atoms with Crippen molar-refractivity contribution < 1.29 is 9.47 Å². The predicted molar refractivity (Wildman–Crippen MR) is 42.3 cm³/mol. The Bertz CT molecular complexity index is 131. The van der Waals surface area contributed by atoms with Gasteiger partial charge in [-0.15, -0.1) is 0 Å². The first kappa shape index (κ1) is 9.90. The van der Waals surface area contributed by atoms with Gasteiger partial charge in [0.25, 0.3) is 0 Å². The number of rotatable bonds is 4. The number of nitrogens with one attached hydrogen (secondary N) is 3. The molecule has 0 aromatic rings. The third kappa shape index (κ3) is 5.35. The Labute approximate surface area is 65.7 Å². The lowest BCUT2D eigenvalue weighted by Crippen LogP contribution is -2.29. The zero-order chi connectivity index (χ0) is 8.69. The quantitative estimate of drug-likeness (QED) is 0.393. The van der Waals surface area contributed by atoms with Gasteiger partial charge in [0.1, 0.15) is 0 Å². The van der Waals surface area contributed by atoms with Crippen LogP contribution in [0.3, 0.4) is 0 Å². The van der Waals surface area contributed by atoms with E-state index in [4.69, 9.17) is 10.8 Å². The van der Waals surface area contributed by atoms with Crippen molar-refractivity contribution in [2.24, 2.45) is 0 Å². The standard InChI is InChI=1S/C6H13N3O2/c1-10-5(7)3-9-4-6(8)11-2/h7-9H,3-4H2,1-2H3. The molecule has 5 heteroatoms. The van der Waals surface area contributed by atoms with Crippen LogP contribution in [0.1, 0.15) is 0 Å². The van der Waals surface area contributed by atoms with Gasteiger partial charge >= 0.3 is 0 Å². The molecule has 0 aromatic heterocycles. The third-order valence-electron chi connectivity index (χ3n) is 1.06. The zero-order valence-electron chi connectivity index (χ0n) is 6.73. The molecule has 0 heterocycles. The van der Waals surface area contributed by atoms with Crippen molar-refractivity contribution in [1.29, 1.82) is 10.8 Å². The Morgan fingerprint density at radius 2 is 1.45 bits per heavy atom. The number of hydrogen-bond acceptors (Lipinski definition) is 5. The van der Waals surface area contributed by atoms with E-state index in [1.807, 2.05) is 0 Å². The Morgan fingerprint density at radius 3 is 1.73 bits per heavy atom. The molecule has 0 amide bonds. The molecule has 0 aromatic carbocycles. The highest BCUT2D eigenvalue weighted by Crippen LogP contribution is 1.73. The van der Waals surface area contributed by atoms with Gasteiger partial charge in [0.05, 0.1) is 27.3 Å². The molecule has 0 rings (SSSR count). The maximum absolute atomic E-state index is 7.04. The second-order valence-corrected chi connectivity index (χ2v) is 1.86. The van der Waals surface area contributed by atoms with Gasteiger partial charge in [-0.3, -0.25) is 10.8 Å². The molecule has 5 nitrogen and oxygen atoms in total. The maximum atomic E-state index is 7.04. The topological polar surface area (TPSA) is 78.2 Å². The third-order valence-corrected chi connectivity index (χ3v) is 1.06.